The van der Waals surface area contributed by atoms with E-state index in [4.69, 9.17) is 14.2 Å². The molecule has 0 aromatic carbocycles. The first-order valence-corrected chi connectivity index (χ1v) is 35.9. The molecule has 476 valence electrons. The fourth-order valence-electron chi connectivity index (χ4n) is 10.6. The van der Waals surface area contributed by atoms with Crippen LogP contribution in [-0.4, -0.2) is 37.2 Å². The van der Waals surface area contributed by atoms with Crippen LogP contribution < -0.4 is 0 Å². The van der Waals surface area contributed by atoms with Crippen molar-refractivity contribution in [2.24, 2.45) is 0 Å². The second-order valence-corrected chi connectivity index (χ2v) is 24.1. The monoisotopic (exact) mass is 1150 g/mol. The summed E-state index contributed by atoms with van der Waals surface area (Å²) in [4.78, 5) is 38.5. The highest BCUT2D eigenvalue weighted by Gasteiger charge is 2.19. The predicted molar refractivity (Wildman–Crippen MR) is 358 cm³/mol. The number of allylic oxidation sites excluding steroid dienone is 12. The van der Waals surface area contributed by atoms with Crippen LogP contribution in [0, 0.1) is 0 Å². The van der Waals surface area contributed by atoms with Crippen molar-refractivity contribution >= 4 is 17.9 Å². The van der Waals surface area contributed by atoms with Gasteiger partial charge in [-0.2, -0.15) is 0 Å². The van der Waals surface area contributed by atoms with Gasteiger partial charge in [0.1, 0.15) is 13.2 Å². The maximum atomic E-state index is 13.0. The summed E-state index contributed by atoms with van der Waals surface area (Å²) >= 11 is 0. The Hall–Kier alpha value is -3.15. The third kappa shape index (κ3) is 67.6. The van der Waals surface area contributed by atoms with E-state index in [2.05, 4.69) is 93.7 Å². The molecule has 0 saturated heterocycles. The first-order chi connectivity index (χ1) is 40.5. The smallest absolute Gasteiger partial charge is 0.306 e. The van der Waals surface area contributed by atoms with Crippen molar-refractivity contribution in [1.29, 1.82) is 0 Å². The van der Waals surface area contributed by atoms with E-state index in [1.165, 1.54) is 244 Å². The van der Waals surface area contributed by atoms with E-state index in [1.807, 2.05) is 0 Å². The van der Waals surface area contributed by atoms with E-state index < -0.39 is 6.10 Å². The van der Waals surface area contributed by atoms with Gasteiger partial charge in [-0.1, -0.05) is 338 Å². The Bertz CT molecular complexity index is 1500. The van der Waals surface area contributed by atoms with Crippen LogP contribution in [0.4, 0.5) is 0 Å². The zero-order chi connectivity index (χ0) is 59.2. The first-order valence-electron chi connectivity index (χ1n) is 35.9. The number of carbonyl (C=O) groups is 3. The van der Waals surface area contributed by atoms with Gasteiger partial charge in [0.15, 0.2) is 6.10 Å². The molecule has 0 fully saturated rings. The summed E-state index contributed by atoms with van der Waals surface area (Å²) in [5, 5.41) is 0. The van der Waals surface area contributed by atoms with E-state index in [1.54, 1.807) is 0 Å². The highest BCUT2D eigenvalue weighted by molar-refractivity contribution is 5.71. The second-order valence-electron chi connectivity index (χ2n) is 24.1. The van der Waals surface area contributed by atoms with E-state index in [0.717, 1.165) is 89.9 Å². The van der Waals surface area contributed by atoms with E-state index >= 15 is 0 Å². The third-order valence-electron chi connectivity index (χ3n) is 15.9. The van der Waals surface area contributed by atoms with Crippen molar-refractivity contribution in [1.82, 2.24) is 0 Å². The van der Waals surface area contributed by atoms with Crippen molar-refractivity contribution in [2.75, 3.05) is 13.2 Å². The molecule has 0 heterocycles. The average Bonchev–Trinajstić information content (AvgIpc) is 3.47. The minimum atomic E-state index is -0.778. The lowest BCUT2D eigenvalue weighted by Gasteiger charge is -2.18. The van der Waals surface area contributed by atoms with Crippen LogP contribution in [0.2, 0.25) is 0 Å². The number of rotatable bonds is 66. The summed E-state index contributed by atoms with van der Waals surface area (Å²) in [6.07, 6.45) is 92.1. The number of hydrogen-bond acceptors (Lipinski definition) is 6. The summed E-state index contributed by atoms with van der Waals surface area (Å²) in [6.45, 7) is 6.57. The van der Waals surface area contributed by atoms with Gasteiger partial charge in [-0.15, -0.1) is 0 Å². The number of ether oxygens (including phenoxy) is 3. The molecule has 0 aromatic rings. The number of esters is 3. The highest BCUT2D eigenvalue weighted by Crippen LogP contribution is 2.18. The topological polar surface area (TPSA) is 78.9 Å². The van der Waals surface area contributed by atoms with Gasteiger partial charge in [-0.05, 0) is 89.9 Å². The fourth-order valence-corrected chi connectivity index (χ4v) is 10.6. The Morgan fingerprint density at radius 1 is 0.256 bits per heavy atom. The molecule has 0 rings (SSSR count). The molecule has 0 amide bonds. The number of hydrogen-bond donors (Lipinski definition) is 0. The standard InChI is InChI=1S/C76H136O6/c1-4-7-10-13-16-19-22-25-28-31-34-36-37-38-39-40-43-45-48-51-54-57-60-63-66-69-75(78)81-72-73(71-80-74(77)68-65-62-59-56-53-50-47-44-41-33-30-27-24-21-18-15-12-9-6-3)82-76(79)70-67-64-61-58-55-52-49-46-42-35-32-29-26-23-20-17-14-11-8-5-2/h7,10,16,18-19,21,25,27-28,30,34,36,73H,4-6,8-9,11-15,17,20,22-24,26,29,31-33,35,37-72H2,1-3H3/b10-7-,19-16-,21-18-,28-25-,30-27-,36-34-. The van der Waals surface area contributed by atoms with Crippen molar-refractivity contribution in [2.45, 2.75) is 380 Å². The van der Waals surface area contributed by atoms with Gasteiger partial charge >= 0.3 is 17.9 Å². The molecule has 6 nitrogen and oxygen atoms in total. The molecule has 0 bridgehead atoms. The first kappa shape index (κ1) is 78.8. The van der Waals surface area contributed by atoms with Crippen LogP contribution in [0.5, 0.6) is 0 Å². The van der Waals surface area contributed by atoms with E-state index in [-0.39, 0.29) is 31.1 Å². The van der Waals surface area contributed by atoms with Gasteiger partial charge in [-0.25, -0.2) is 0 Å². The fraction of sp³-hybridized carbons (Fsp3) is 0.803. The number of carbonyl (C=O) groups excluding carboxylic acids is 3. The van der Waals surface area contributed by atoms with Gasteiger partial charge in [0.2, 0.25) is 0 Å². The van der Waals surface area contributed by atoms with Crippen molar-refractivity contribution in [3.63, 3.8) is 0 Å². The molecule has 1 unspecified atom stereocenters. The third-order valence-corrected chi connectivity index (χ3v) is 15.9. The normalized spacial score (nSPS) is 12.5. The van der Waals surface area contributed by atoms with Crippen LogP contribution in [-0.2, 0) is 28.6 Å². The molecular formula is C76H136O6. The summed E-state index contributed by atoms with van der Waals surface area (Å²) in [5.74, 6) is -0.854. The average molecular weight is 1150 g/mol. The molecule has 1 atom stereocenters. The number of unbranched alkanes of at least 4 members (excludes halogenated alkanes) is 43. The Balaban J connectivity index is 4.33. The van der Waals surface area contributed by atoms with Gasteiger partial charge in [0.05, 0.1) is 0 Å². The van der Waals surface area contributed by atoms with Crippen molar-refractivity contribution in [3.05, 3.63) is 72.9 Å². The zero-order valence-electron chi connectivity index (χ0n) is 54.8. The maximum absolute atomic E-state index is 13.0. The molecule has 0 saturated carbocycles. The van der Waals surface area contributed by atoms with Crippen LogP contribution in [0.3, 0.4) is 0 Å². The Labute approximate surface area is 510 Å². The minimum Gasteiger partial charge on any atom is -0.462 e. The molecular weight excluding hydrogens is 1010 g/mol. The van der Waals surface area contributed by atoms with Gasteiger partial charge in [0.25, 0.3) is 0 Å². The highest BCUT2D eigenvalue weighted by atomic mass is 16.6. The summed E-state index contributed by atoms with van der Waals surface area (Å²) in [6, 6.07) is 0. The SMILES string of the molecule is CC/C=C\C/C=C\C/C=C\C/C=C\CCCCCCCCCCCCCCC(=O)OCC(COC(=O)CCCCCCCCCCC/C=C\C/C=C\CCCCC)OC(=O)CCCCCCCCCCCCCCCCCCCCCC. The van der Waals surface area contributed by atoms with E-state index in [0.29, 0.717) is 19.3 Å². The molecule has 6 heteroatoms. The molecule has 0 aliphatic heterocycles. The summed E-state index contributed by atoms with van der Waals surface area (Å²) in [5.41, 5.74) is 0. The summed E-state index contributed by atoms with van der Waals surface area (Å²) in [7, 11) is 0. The molecule has 0 aliphatic carbocycles. The Kier molecular flexibility index (Phi) is 67.6. The van der Waals surface area contributed by atoms with Crippen molar-refractivity contribution < 1.29 is 28.6 Å². The summed E-state index contributed by atoms with van der Waals surface area (Å²) < 4.78 is 17.0. The molecule has 0 aromatic heterocycles. The Morgan fingerprint density at radius 3 is 0.768 bits per heavy atom. The van der Waals surface area contributed by atoms with Gasteiger partial charge in [-0.3, -0.25) is 14.4 Å². The lowest BCUT2D eigenvalue weighted by atomic mass is 10.0. The zero-order valence-corrected chi connectivity index (χ0v) is 54.8. The quantitative estimate of drug-likeness (QED) is 0.0261. The van der Waals surface area contributed by atoms with Crippen LogP contribution in [0.1, 0.15) is 374 Å². The molecule has 0 spiro atoms. The van der Waals surface area contributed by atoms with Gasteiger partial charge < -0.3 is 14.2 Å². The lowest BCUT2D eigenvalue weighted by Crippen LogP contribution is -2.30. The molecule has 0 N–H and O–H groups in total. The molecule has 0 aliphatic rings. The second kappa shape index (κ2) is 70.3. The maximum Gasteiger partial charge on any atom is 0.306 e. The van der Waals surface area contributed by atoms with Crippen LogP contribution in [0.25, 0.3) is 0 Å². The largest absolute Gasteiger partial charge is 0.462 e. The van der Waals surface area contributed by atoms with Crippen LogP contribution in [0.15, 0.2) is 72.9 Å². The van der Waals surface area contributed by atoms with Crippen LogP contribution >= 0.6 is 0 Å². The lowest BCUT2D eigenvalue weighted by molar-refractivity contribution is -0.167. The molecule has 0 radical (unpaired) electrons. The molecule has 82 heavy (non-hydrogen) atoms. The Morgan fingerprint density at radius 2 is 0.476 bits per heavy atom. The predicted octanol–water partition coefficient (Wildman–Crippen LogP) is 24.8. The van der Waals surface area contributed by atoms with Gasteiger partial charge in [0, 0.05) is 19.3 Å². The van der Waals surface area contributed by atoms with Crippen molar-refractivity contribution in [3.8, 4) is 0 Å². The minimum absolute atomic E-state index is 0.0735. The van der Waals surface area contributed by atoms with E-state index in [9.17, 15) is 14.4 Å².